The Labute approximate surface area is 126 Å². The lowest BCUT2D eigenvalue weighted by atomic mass is 10.2. The summed E-state index contributed by atoms with van der Waals surface area (Å²) in [4.78, 5) is 2.44. The van der Waals surface area contributed by atoms with Crippen molar-refractivity contribution in [3.63, 3.8) is 0 Å². The van der Waals surface area contributed by atoms with Crippen molar-refractivity contribution in [3.8, 4) is 0 Å². The summed E-state index contributed by atoms with van der Waals surface area (Å²) in [7, 11) is -1.42. The van der Waals surface area contributed by atoms with Gasteiger partial charge in [-0.2, -0.15) is 5.10 Å². The second-order valence-electron chi connectivity index (χ2n) is 5.54. The molecule has 8 heteroatoms. The van der Waals surface area contributed by atoms with Crippen LogP contribution in [0.1, 0.15) is 25.7 Å². The summed E-state index contributed by atoms with van der Waals surface area (Å²) in [5.74, 6) is 0. The molecular formula is C13H25N5O2S. The minimum absolute atomic E-state index is 0.194. The number of nitrogens with one attached hydrogen (secondary N) is 1. The SMILES string of the molecule is CN(CCNS(=O)(=O)c1cnn(CCN)c1)C1CCCC1. The Bertz CT molecular complexity index is 537. The third kappa shape index (κ3) is 4.50. The fourth-order valence-electron chi connectivity index (χ4n) is 2.71. The molecule has 1 aromatic rings. The molecule has 0 aliphatic heterocycles. The van der Waals surface area contributed by atoms with Crippen LogP contribution in [0.5, 0.6) is 0 Å². The number of likely N-dealkylation sites (N-methyl/N-ethyl adjacent to an activating group) is 1. The Kier molecular flexibility index (Phi) is 5.74. The molecule has 1 saturated carbocycles. The first-order valence-electron chi connectivity index (χ1n) is 7.45. The molecule has 0 atom stereocenters. The monoisotopic (exact) mass is 315 g/mol. The summed E-state index contributed by atoms with van der Waals surface area (Å²) in [5.41, 5.74) is 5.42. The molecule has 3 N–H and O–H groups in total. The predicted molar refractivity (Wildman–Crippen MR) is 81.4 cm³/mol. The molecule has 0 saturated heterocycles. The van der Waals surface area contributed by atoms with Crippen molar-refractivity contribution >= 4 is 10.0 Å². The smallest absolute Gasteiger partial charge is 0.243 e. The summed E-state index contributed by atoms with van der Waals surface area (Å²) >= 11 is 0. The summed E-state index contributed by atoms with van der Waals surface area (Å²) in [6, 6.07) is 0.599. The minimum Gasteiger partial charge on any atom is -0.329 e. The molecule has 1 heterocycles. The van der Waals surface area contributed by atoms with E-state index in [1.807, 2.05) is 0 Å². The van der Waals surface area contributed by atoms with Crippen LogP contribution in [0.15, 0.2) is 17.3 Å². The summed E-state index contributed by atoms with van der Waals surface area (Å²) < 4.78 is 28.4. The van der Waals surface area contributed by atoms with E-state index in [-0.39, 0.29) is 4.90 Å². The summed E-state index contributed by atoms with van der Waals surface area (Å²) in [6.45, 7) is 2.08. The number of nitrogens with two attached hydrogens (primary N) is 1. The van der Waals surface area contributed by atoms with Crippen LogP contribution in [0.3, 0.4) is 0 Å². The standard InChI is InChI=1S/C13H25N5O2S/c1-17(12-4-2-3-5-12)9-7-16-21(19,20)13-10-15-18(11-13)8-6-14/h10-12,16H,2-9,14H2,1H3. The molecule has 120 valence electrons. The second-order valence-corrected chi connectivity index (χ2v) is 7.31. The zero-order chi connectivity index (χ0) is 15.3. The molecule has 2 rings (SSSR count). The minimum atomic E-state index is -3.48. The van der Waals surface area contributed by atoms with Gasteiger partial charge in [0.1, 0.15) is 4.90 Å². The Hall–Kier alpha value is -0.960. The van der Waals surface area contributed by atoms with Gasteiger partial charge in [0.15, 0.2) is 0 Å². The average molecular weight is 315 g/mol. The number of hydrogen-bond acceptors (Lipinski definition) is 5. The lowest BCUT2D eigenvalue weighted by Gasteiger charge is -2.23. The van der Waals surface area contributed by atoms with Gasteiger partial charge in [0, 0.05) is 31.9 Å². The van der Waals surface area contributed by atoms with Crippen molar-refractivity contribution in [1.82, 2.24) is 19.4 Å². The average Bonchev–Trinajstić information content (AvgIpc) is 3.10. The molecule has 0 bridgehead atoms. The Morgan fingerprint density at radius 3 is 2.86 bits per heavy atom. The molecule has 7 nitrogen and oxygen atoms in total. The van der Waals surface area contributed by atoms with E-state index >= 15 is 0 Å². The van der Waals surface area contributed by atoms with Gasteiger partial charge < -0.3 is 10.6 Å². The highest BCUT2D eigenvalue weighted by Crippen LogP contribution is 2.21. The van der Waals surface area contributed by atoms with Crippen molar-refractivity contribution in [2.75, 3.05) is 26.7 Å². The van der Waals surface area contributed by atoms with Crippen LogP contribution in [-0.4, -0.2) is 55.8 Å². The molecule has 21 heavy (non-hydrogen) atoms. The molecule has 1 aliphatic carbocycles. The fraction of sp³-hybridized carbons (Fsp3) is 0.769. The lowest BCUT2D eigenvalue weighted by Crippen LogP contribution is -2.37. The molecule has 1 aliphatic rings. The second kappa shape index (κ2) is 7.35. The van der Waals surface area contributed by atoms with E-state index in [1.165, 1.54) is 38.1 Å². The number of hydrogen-bond donors (Lipinski definition) is 2. The van der Waals surface area contributed by atoms with Crippen LogP contribution in [0.4, 0.5) is 0 Å². The van der Waals surface area contributed by atoms with E-state index in [9.17, 15) is 8.42 Å². The largest absolute Gasteiger partial charge is 0.329 e. The molecule has 0 spiro atoms. The normalized spacial score (nSPS) is 16.9. The van der Waals surface area contributed by atoms with Gasteiger partial charge >= 0.3 is 0 Å². The Balaban J connectivity index is 1.82. The maximum Gasteiger partial charge on any atom is 0.243 e. The van der Waals surface area contributed by atoms with Gasteiger partial charge in [-0.15, -0.1) is 0 Å². The van der Waals surface area contributed by atoms with Gasteiger partial charge in [0.05, 0.1) is 12.7 Å². The first-order valence-corrected chi connectivity index (χ1v) is 8.93. The Morgan fingerprint density at radius 2 is 2.19 bits per heavy atom. The number of sulfonamides is 1. The molecule has 0 amide bonds. The van der Waals surface area contributed by atoms with Crippen LogP contribution >= 0.6 is 0 Å². The van der Waals surface area contributed by atoms with Crippen LogP contribution in [0.25, 0.3) is 0 Å². The van der Waals surface area contributed by atoms with Gasteiger partial charge in [-0.25, -0.2) is 13.1 Å². The van der Waals surface area contributed by atoms with Crippen LogP contribution in [0, 0.1) is 0 Å². The first-order chi connectivity index (χ1) is 10.0. The molecular weight excluding hydrogens is 290 g/mol. The fourth-order valence-corrected chi connectivity index (χ4v) is 3.68. The highest BCUT2D eigenvalue weighted by Gasteiger charge is 2.20. The van der Waals surface area contributed by atoms with Gasteiger partial charge in [-0.1, -0.05) is 12.8 Å². The number of rotatable bonds is 8. The highest BCUT2D eigenvalue weighted by molar-refractivity contribution is 7.89. The third-order valence-electron chi connectivity index (χ3n) is 3.98. The molecule has 0 unspecified atom stereocenters. The molecule has 0 radical (unpaired) electrons. The van der Waals surface area contributed by atoms with E-state index in [0.29, 0.717) is 25.7 Å². The van der Waals surface area contributed by atoms with Gasteiger partial charge in [0.2, 0.25) is 10.0 Å². The van der Waals surface area contributed by atoms with Crippen molar-refractivity contribution in [2.24, 2.45) is 5.73 Å². The maximum atomic E-state index is 12.1. The summed E-state index contributed by atoms with van der Waals surface area (Å²) in [6.07, 6.45) is 7.86. The zero-order valence-electron chi connectivity index (χ0n) is 12.5. The van der Waals surface area contributed by atoms with Crippen molar-refractivity contribution < 1.29 is 8.42 Å². The lowest BCUT2D eigenvalue weighted by molar-refractivity contribution is 0.250. The van der Waals surface area contributed by atoms with Gasteiger partial charge in [-0.3, -0.25) is 4.68 Å². The van der Waals surface area contributed by atoms with E-state index in [1.54, 1.807) is 4.68 Å². The molecule has 0 aromatic carbocycles. The van der Waals surface area contributed by atoms with Crippen molar-refractivity contribution in [1.29, 1.82) is 0 Å². The maximum absolute atomic E-state index is 12.1. The van der Waals surface area contributed by atoms with Crippen molar-refractivity contribution in [3.05, 3.63) is 12.4 Å². The van der Waals surface area contributed by atoms with Crippen LogP contribution < -0.4 is 10.5 Å². The predicted octanol–water partition coefficient (Wildman–Crippen LogP) is -0.00550. The van der Waals surface area contributed by atoms with Gasteiger partial charge in [-0.05, 0) is 19.9 Å². The van der Waals surface area contributed by atoms with Crippen LogP contribution in [0.2, 0.25) is 0 Å². The van der Waals surface area contributed by atoms with Crippen LogP contribution in [-0.2, 0) is 16.6 Å². The summed E-state index contributed by atoms with van der Waals surface area (Å²) in [5, 5.41) is 3.99. The van der Waals surface area contributed by atoms with Crippen molar-refractivity contribution in [2.45, 2.75) is 43.2 Å². The van der Waals surface area contributed by atoms with E-state index < -0.39 is 10.0 Å². The topological polar surface area (TPSA) is 93.2 Å². The highest BCUT2D eigenvalue weighted by atomic mass is 32.2. The Morgan fingerprint density at radius 1 is 1.48 bits per heavy atom. The molecule has 1 fully saturated rings. The van der Waals surface area contributed by atoms with E-state index in [4.69, 9.17) is 5.73 Å². The molecule has 1 aromatic heterocycles. The number of nitrogens with zero attached hydrogens (tertiary/aromatic N) is 3. The van der Waals surface area contributed by atoms with E-state index in [2.05, 4.69) is 21.8 Å². The first kappa shape index (κ1) is 16.4. The number of aromatic nitrogens is 2. The third-order valence-corrected chi connectivity index (χ3v) is 5.40. The zero-order valence-corrected chi connectivity index (χ0v) is 13.3. The van der Waals surface area contributed by atoms with Gasteiger partial charge in [0.25, 0.3) is 0 Å². The van der Waals surface area contributed by atoms with E-state index in [0.717, 1.165) is 6.54 Å². The quantitative estimate of drug-likeness (QED) is 0.704.